The molecule has 0 unspecified atom stereocenters. The lowest BCUT2D eigenvalue weighted by Gasteiger charge is -2.03. The molecule has 1 aliphatic heterocycles. The van der Waals surface area contributed by atoms with E-state index in [9.17, 15) is 4.79 Å². The van der Waals surface area contributed by atoms with Gasteiger partial charge in [-0.05, 0) is 35.9 Å². The summed E-state index contributed by atoms with van der Waals surface area (Å²) in [5, 5.41) is 0.663. The number of esters is 1. The normalized spacial score (nSPS) is 15.5. The van der Waals surface area contributed by atoms with Crippen molar-refractivity contribution in [3.8, 4) is 5.75 Å². The van der Waals surface area contributed by atoms with Crippen LogP contribution >= 0.6 is 23.2 Å². The summed E-state index contributed by atoms with van der Waals surface area (Å²) in [5.74, 6) is 0.281. The number of carbonyl (C=O) groups excluding carboxylic acids is 1. The smallest absolute Gasteiger partial charge is 0.363 e. The zero-order valence-corrected chi connectivity index (χ0v) is 13.6. The molecule has 0 amide bonds. The van der Waals surface area contributed by atoms with E-state index in [-0.39, 0.29) is 11.6 Å². The second-order valence-corrected chi connectivity index (χ2v) is 5.50. The molecule has 3 rings (SSSR count). The van der Waals surface area contributed by atoms with E-state index in [1.54, 1.807) is 37.5 Å². The number of hydrogen-bond donors (Lipinski definition) is 0. The number of ether oxygens (including phenoxy) is 2. The molecule has 0 N–H and O–H groups in total. The van der Waals surface area contributed by atoms with E-state index in [0.29, 0.717) is 21.4 Å². The van der Waals surface area contributed by atoms with Gasteiger partial charge in [0.2, 0.25) is 5.90 Å². The number of hydrogen-bond acceptors (Lipinski definition) is 4. The number of cyclic esters (lactones) is 1. The van der Waals surface area contributed by atoms with E-state index in [2.05, 4.69) is 4.99 Å². The van der Waals surface area contributed by atoms with Crippen molar-refractivity contribution in [1.29, 1.82) is 0 Å². The summed E-state index contributed by atoms with van der Waals surface area (Å²) in [6.07, 6.45) is 1.62. The van der Waals surface area contributed by atoms with Crippen molar-refractivity contribution in [2.45, 2.75) is 0 Å². The van der Waals surface area contributed by atoms with Gasteiger partial charge in [0, 0.05) is 0 Å². The van der Waals surface area contributed by atoms with Crippen LogP contribution in [0.15, 0.2) is 53.2 Å². The SMILES string of the molecule is COc1cccc(/C=C2/N=C(c3cccc(Cl)c3Cl)OC2=O)c1. The monoisotopic (exact) mass is 347 g/mol. The third-order valence-corrected chi connectivity index (χ3v) is 4.02. The Morgan fingerprint density at radius 2 is 1.96 bits per heavy atom. The van der Waals surface area contributed by atoms with Gasteiger partial charge in [-0.25, -0.2) is 9.79 Å². The number of methoxy groups -OCH3 is 1. The summed E-state index contributed by atoms with van der Waals surface area (Å²) < 4.78 is 10.3. The number of carbonyl (C=O) groups is 1. The average molecular weight is 348 g/mol. The van der Waals surface area contributed by atoms with Gasteiger partial charge in [-0.3, -0.25) is 0 Å². The second-order valence-electron chi connectivity index (χ2n) is 4.71. The third kappa shape index (κ3) is 3.23. The minimum Gasteiger partial charge on any atom is -0.497 e. The fourth-order valence-corrected chi connectivity index (χ4v) is 2.46. The molecule has 0 spiro atoms. The van der Waals surface area contributed by atoms with E-state index in [1.165, 1.54) is 0 Å². The van der Waals surface area contributed by atoms with Crippen LogP contribution in [0, 0.1) is 0 Å². The predicted molar refractivity (Wildman–Crippen MR) is 90.1 cm³/mol. The first kappa shape index (κ1) is 15.6. The summed E-state index contributed by atoms with van der Waals surface area (Å²) in [7, 11) is 1.58. The number of halogens is 2. The molecule has 1 aliphatic rings. The highest BCUT2D eigenvalue weighted by molar-refractivity contribution is 6.44. The standard InChI is InChI=1S/C17H11Cl2NO3/c1-22-11-5-2-4-10(8-11)9-14-17(21)23-16(20-14)12-6-3-7-13(18)15(12)19/h2-9H,1H3/b14-9+. The Hall–Kier alpha value is -2.30. The van der Waals surface area contributed by atoms with Crippen LogP contribution in [0.25, 0.3) is 6.08 Å². The Labute approximate surface area is 143 Å². The number of benzene rings is 2. The van der Waals surface area contributed by atoms with Gasteiger partial charge in [-0.15, -0.1) is 0 Å². The van der Waals surface area contributed by atoms with E-state index in [0.717, 1.165) is 5.56 Å². The topological polar surface area (TPSA) is 47.9 Å². The maximum absolute atomic E-state index is 12.0. The molecule has 0 radical (unpaired) electrons. The lowest BCUT2D eigenvalue weighted by molar-refractivity contribution is -0.129. The molecule has 4 nitrogen and oxygen atoms in total. The van der Waals surface area contributed by atoms with E-state index < -0.39 is 5.97 Å². The molecular weight excluding hydrogens is 337 g/mol. The molecule has 0 bridgehead atoms. The van der Waals surface area contributed by atoms with Crippen LogP contribution in [0.1, 0.15) is 11.1 Å². The van der Waals surface area contributed by atoms with E-state index in [1.807, 2.05) is 18.2 Å². The molecule has 0 saturated carbocycles. The average Bonchev–Trinajstić information content (AvgIpc) is 2.91. The Morgan fingerprint density at radius 1 is 1.17 bits per heavy atom. The second kappa shape index (κ2) is 6.44. The molecule has 2 aromatic carbocycles. The molecule has 116 valence electrons. The molecule has 6 heteroatoms. The molecule has 2 aromatic rings. The van der Waals surface area contributed by atoms with Crippen molar-refractivity contribution in [1.82, 2.24) is 0 Å². The fraction of sp³-hybridized carbons (Fsp3) is 0.0588. The minimum absolute atomic E-state index is 0.136. The summed E-state index contributed by atoms with van der Waals surface area (Å²) in [6.45, 7) is 0. The highest BCUT2D eigenvalue weighted by Gasteiger charge is 2.26. The molecule has 0 saturated heterocycles. The first-order valence-corrected chi connectivity index (χ1v) is 7.45. The molecule has 23 heavy (non-hydrogen) atoms. The predicted octanol–water partition coefficient (Wildman–Crippen LogP) is 4.35. The number of nitrogens with zero attached hydrogens (tertiary/aromatic N) is 1. The summed E-state index contributed by atoms with van der Waals surface area (Å²) >= 11 is 12.1. The van der Waals surface area contributed by atoms with E-state index >= 15 is 0 Å². The quantitative estimate of drug-likeness (QED) is 0.612. The number of rotatable bonds is 3. The van der Waals surface area contributed by atoms with Gasteiger partial charge in [0.1, 0.15) is 5.75 Å². The maximum atomic E-state index is 12.0. The molecule has 0 aromatic heterocycles. The first-order valence-electron chi connectivity index (χ1n) is 6.69. The fourth-order valence-electron chi connectivity index (χ4n) is 2.08. The summed E-state index contributed by atoms with van der Waals surface area (Å²) in [5.41, 5.74) is 1.43. The van der Waals surface area contributed by atoms with Gasteiger partial charge in [0.05, 0.1) is 22.7 Å². The highest BCUT2D eigenvalue weighted by atomic mass is 35.5. The van der Waals surface area contributed by atoms with E-state index in [4.69, 9.17) is 32.7 Å². The third-order valence-electron chi connectivity index (χ3n) is 3.20. The van der Waals surface area contributed by atoms with Crippen molar-refractivity contribution in [3.63, 3.8) is 0 Å². The van der Waals surface area contributed by atoms with Crippen molar-refractivity contribution in [2.24, 2.45) is 4.99 Å². The zero-order chi connectivity index (χ0) is 16.4. The molecule has 0 atom stereocenters. The highest BCUT2D eigenvalue weighted by Crippen LogP contribution is 2.29. The lowest BCUT2D eigenvalue weighted by Crippen LogP contribution is -2.06. The van der Waals surface area contributed by atoms with Gasteiger partial charge in [0.15, 0.2) is 5.70 Å². The Balaban J connectivity index is 1.98. The maximum Gasteiger partial charge on any atom is 0.363 e. The van der Waals surface area contributed by atoms with Crippen molar-refractivity contribution in [2.75, 3.05) is 7.11 Å². The molecule has 0 aliphatic carbocycles. The largest absolute Gasteiger partial charge is 0.497 e. The van der Waals surface area contributed by atoms with Gasteiger partial charge in [-0.1, -0.05) is 41.4 Å². The van der Waals surface area contributed by atoms with Crippen molar-refractivity contribution in [3.05, 3.63) is 69.3 Å². The minimum atomic E-state index is -0.543. The number of aliphatic imine (C=N–C) groups is 1. The van der Waals surface area contributed by atoms with Gasteiger partial charge < -0.3 is 9.47 Å². The summed E-state index contributed by atoms with van der Waals surface area (Å²) in [4.78, 5) is 16.2. The van der Waals surface area contributed by atoms with Crippen LogP contribution in [0.3, 0.4) is 0 Å². The molecular formula is C17H11Cl2NO3. The van der Waals surface area contributed by atoms with Crippen molar-refractivity contribution >= 4 is 41.1 Å². The Kier molecular flexibility index (Phi) is 4.37. The molecule has 1 heterocycles. The van der Waals surface area contributed by atoms with Crippen LogP contribution in [-0.4, -0.2) is 19.0 Å². The van der Waals surface area contributed by atoms with Crippen molar-refractivity contribution < 1.29 is 14.3 Å². The first-order chi connectivity index (χ1) is 11.1. The van der Waals surface area contributed by atoms with Gasteiger partial charge >= 0.3 is 5.97 Å². The van der Waals surface area contributed by atoms with Crippen LogP contribution in [-0.2, 0) is 9.53 Å². The van der Waals surface area contributed by atoms with Crippen LogP contribution < -0.4 is 4.74 Å². The summed E-state index contributed by atoms with van der Waals surface area (Å²) in [6, 6.07) is 12.3. The van der Waals surface area contributed by atoms with Crippen LogP contribution in [0.5, 0.6) is 5.75 Å². The lowest BCUT2D eigenvalue weighted by atomic mass is 10.2. The molecule has 0 fully saturated rings. The Morgan fingerprint density at radius 3 is 2.74 bits per heavy atom. The Bertz CT molecular complexity index is 843. The zero-order valence-electron chi connectivity index (χ0n) is 12.0. The van der Waals surface area contributed by atoms with Crippen LogP contribution in [0.4, 0.5) is 0 Å². The van der Waals surface area contributed by atoms with Gasteiger partial charge in [0.25, 0.3) is 0 Å². The van der Waals surface area contributed by atoms with Crippen LogP contribution in [0.2, 0.25) is 10.0 Å². The van der Waals surface area contributed by atoms with Gasteiger partial charge in [-0.2, -0.15) is 0 Å².